The molecule has 0 bridgehead atoms. The highest BCUT2D eigenvalue weighted by molar-refractivity contribution is 5.86. The van der Waals surface area contributed by atoms with Gasteiger partial charge in [-0.1, -0.05) is 37.1 Å². The maximum Gasteiger partial charge on any atom is 0.240 e. The third-order valence-corrected chi connectivity index (χ3v) is 3.95. The Hall–Kier alpha value is -1.10. The fourth-order valence-corrected chi connectivity index (χ4v) is 2.67. The molecule has 1 saturated carbocycles. The smallest absolute Gasteiger partial charge is 0.240 e. The molecule has 1 aliphatic carbocycles. The van der Waals surface area contributed by atoms with Gasteiger partial charge in [-0.15, -0.1) is 12.4 Å². The molecule has 1 amide bonds. The van der Waals surface area contributed by atoms with Gasteiger partial charge in [0.25, 0.3) is 0 Å². The third-order valence-electron chi connectivity index (χ3n) is 3.95. The van der Waals surface area contributed by atoms with E-state index in [-0.39, 0.29) is 24.9 Å². The molecule has 4 nitrogen and oxygen atoms in total. The standard InChI is InChI=1S/C15H22N2O2.ClH/c1-11-6-2-3-7-12(11)13(18)10-17-14(19)15(16)8-4-5-9-15;/h2-3,6-7,13,18H,4-5,8-10,16H2,1H3,(H,17,19);1H. The van der Waals surface area contributed by atoms with Crippen molar-refractivity contribution in [2.45, 2.75) is 44.2 Å². The van der Waals surface area contributed by atoms with Crippen molar-refractivity contribution in [3.05, 3.63) is 35.4 Å². The minimum atomic E-state index is -0.731. The van der Waals surface area contributed by atoms with Crippen LogP contribution in [0, 0.1) is 6.92 Å². The van der Waals surface area contributed by atoms with E-state index in [0.717, 1.165) is 36.8 Å². The number of nitrogens with one attached hydrogen (secondary N) is 1. The van der Waals surface area contributed by atoms with Crippen molar-refractivity contribution in [3.8, 4) is 0 Å². The average Bonchev–Trinajstić information content (AvgIpc) is 2.84. The molecule has 0 heterocycles. The summed E-state index contributed by atoms with van der Waals surface area (Å²) in [5.41, 5.74) is 7.20. The van der Waals surface area contributed by atoms with E-state index in [9.17, 15) is 9.90 Å². The Morgan fingerprint density at radius 3 is 2.60 bits per heavy atom. The van der Waals surface area contributed by atoms with Crippen LogP contribution in [-0.2, 0) is 4.79 Å². The zero-order valence-electron chi connectivity index (χ0n) is 11.8. The van der Waals surface area contributed by atoms with Gasteiger partial charge in [0.05, 0.1) is 11.6 Å². The van der Waals surface area contributed by atoms with Gasteiger partial charge in [0.2, 0.25) is 5.91 Å². The Bertz CT molecular complexity index is 459. The average molecular weight is 299 g/mol. The quantitative estimate of drug-likeness (QED) is 0.794. The second-order valence-electron chi connectivity index (χ2n) is 5.45. The first-order chi connectivity index (χ1) is 9.03. The molecule has 1 aromatic carbocycles. The first-order valence-corrected chi connectivity index (χ1v) is 6.84. The highest BCUT2D eigenvalue weighted by Gasteiger charge is 2.36. The number of amides is 1. The zero-order chi connectivity index (χ0) is 13.9. The highest BCUT2D eigenvalue weighted by atomic mass is 35.5. The second kappa shape index (κ2) is 7.07. The SMILES string of the molecule is Cc1ccccc1C(O)CNC(=O)C1(N)CCCC1.Cl. The highest BCUT2D eigenvalue weighted by Crippen LogP contribution is 2.27. The molecule has 0 aliphatic heterocycles. The number of aliphatic hydroxyl groups excluding tert-OH is 1. The molecule has 1 fully saturated rings. The number of aryl methyl sites for hydroxylation is 1. The molecular weight excluding hydrogens is 276 g/mol. The Morgan fingerprint density at radius 2 is 2.00 bits per heavy atom. The number of carbonyl (C=O) groups is 1. The van der Waals surface area contributed by atoms with E-state index >= 15 is 0 Å². The van der Waals surface area contributed by atoms with Crippen LogP contribution in [0.25, 0.3) is 0 Å². The van der Waals surface area contributed by atoms with Crippen LogP contribution in [0.2, 0.25) is 0 Å². The molecule has 0 saturated heterocycles. The van der Waals surface area contributed by atoms with Crippen LogP contribution in [0.15, 0.2) is 24.3 Å². The summed E-state index contributed by atoms with van der Waals surface area (Å²) in [6.45, 7) is 2.16. The van der Waals surface area contributed by atoms with Gasteiger partial charge in [-0.25, -0.2) is 0 Å². The van der Waals surface area contributed by atoms with Gasteiger partial charge in [-0.2, -0.15) is 0 Å². The third kappa shape index (κ3) is 3.72. The monoisotopic (exact) mass is 298 g/mol. The Morgan fingerprint density at radius 1 is 1.40 bits per heavy atom. The van der Waals surface area contributed by atoms with Crippen molar-refractivity contribution in [1.82, 2.24) is 5.32 Å². The maximum absolute atomic E-state index is 12.0. The lowest BCUT2D eigenvalue weighted by Gasteiger charge is -2.23. The van der Waals surface area contributed by atoms with Crippen LogP contribution in [0.3, 0.4) is 0 Å². The van der Waals surface area contributed by atoms with Crippen LogP contribution in [-0.4, -0.2) is 23.1 Å². The molecule has 4 N–H and O–H groups in total. The Kier molecular flexibility index (Phi) is 5.99. The van der Waals surface area contributed by atoms with Gasteiger partial charge in [0, 0.05) is 6.54 Å². The summed E-state index contributed by atoms with van der Waals surface area (Å²) in [5, 5.41) is 12.9. The predicted molar refractivity (Wildman–Crippen MR) is 81.8 cm³/mol. The van der Waals surface area contributed by atoms with Crippen LogP contribution < -0.4 is 11.1 Å². The summed E-state index contributed by atoms with van der Waals surface area (Å²) in [6, 6.07) is 7.63. The number of aliphatic hydroxyl groups is 1. The van der Waals surface area contributed by atoms with Crippen molar-refractivity contribution in [2.24, 2.45) is 5.73 Å². The molecule has 2 rings (SSSR count). The molecule has 5 heteroatoms. The molecule has 0 radical (unpaired) electrons. The molecule has 0 aromatic heterocycles. The van der Waals surface area contributed by atoms with Crippen LogP contribution >= 0.6 is 12.4 Å². The summed E-state index contributed by atoms with van der Waals surface area (Å²) < 4.78 is 0. The fraction of sp³-hybridized carbons (Fsp3) is 0.533. The summed E-state index contributed by atoms with van der Waals surface area (Å²) in [6.07, 6.45) is 2.79. The lowest BCUT2D eigenvalue weighted by molar-refractivity contribution is -0.126. The number of halogens is 1. The van der Waals surface area contributed by atoms with E-state index in [1.54, 1.807) is 0 Å². The fourth-order valence-electron chi connectivity index (χ4n) is 2.67. The van der Waals surface area contributed by atoms with Crippen LogP contribution in [0.4, 0.5) is 0 Å². The number of rotatable bonds is 4. The molecule has 112 valence electrons. The zero-order valence-corrected chi connectivity index (χ0v) is 12.6. The van der Waals surface area contributed by atoms with E-state index in [4.69, 9.17) is 5.73 Å². The summed E-state index contributed by atoms with van der Waals surface area (Å²) in [7, 11) is 0. The predicted octanol–water partition coefficient (Wildman–Crippen LogP) is 1.84. The largest absolute Gasteiger partial charge is 0.387 e. The molecule has 0 spiro atoms. The van der Waals surface area contributed by atoms with Crippen molar-refractivity contribution < 1.29 is 9.90 Å². The maximum atomic E-state index is 12.0. The van der Waals surface area contributed by atoms with E-state index in [2.05, 4.69) is 5.32 Å². The molecular formula is C15H23ClN2O2. The van der Waals surface area contributed by atoms with E-state index < -0.39 is 11.6 Å². The Balaban J connectivity index is 0.00000200. The van der Waals surface area contributed by atoms with Gasteiger partial charge < -0.3 is 16.2 Å². The molecule has 1 unspecified atom stereocenters. The minimum absolute atomic E-state index is 0. The molecule has 1 aromatic rings. The number of benzene rings is 1. The molecule has 20 heavy (non-hydrogen) atoms. The van der Waals surface area contributed by atoms with Crippen molar-refractivity contribution >= 4 is 18.3 Å². The minimum Gasteiger partial charge on any atom is -0.387 e. The summed E-state index contributed by atoms with van der Waals surface area (Å²) in [5.74, 6) is -0.141. The van der Waals surface area contributed by atoms with Crippen molar-refractivity contribution in [2.75, 3.05) is 6.54 Å². The van der Waals surface area contributed by atoms with Crippen molar-refractivity contribution in [1.29, 1.82) is 0 Å². The van der Waals surface area contributed by atoms with Gasteiger partial charge in [0.1, 0.15) is 0 Å². The number of nitrogens with two attached hydrogens (primary N) is 1. The summed E-state index contributed by atoms with van der Waals surface area (Å²) >= 11 is 0. The lowest BCUT2D eigenvalue weighted by Crippen LogP contribution is -2.52. The van der Waals surface area contributed by atoms with E-state index in [0.29, 0.717) is 0 Å². The van der Waals surface area contributed by atoms with Crippen LogP contribution in [0.5, 0.6) is 0 Å². The topological polar surface area (TPSA) is 75.3 Å². The van der Waals surface area contributed by atoms with Crippen molar-refractivity contribution in [3.63, 3.8) is 0 Å². The van der Waals surface area contributed by atoms with Gasteiger partial charge in [-0.05, 0) is 30.9 Å². The van der Waals surface area contributed by atoms with E-state index in [1.165, 1.54) is 0 Å². The number of hydrogen-bond donors (Lipinski definition) is 3. The second-order valence-corrected chi connectivity index (χ2v) is 5.45. The van der Waals surface area contributed by atoms with Gasteiger partial charge in [-0.3, -0.25) is 4.79 Å². The number of carbonyl (C=O) groups excluding carboxylic acids is 1. The Labute approximate surface area is 126 Å². The van der Waals surface area contributed by atoms with Gasteiger partial charge in [0.15, 0.2) is 0 Å². The van der Waals surface area contributed by atoms with E-state index in [1.807, 2.05) is 31.2 Å². The molecule has 1 atom stereocenters. The molecule has 1 aliphatic rings. The van der Waals surface area contributed by atoms with Crippen LogP contribution in [0.1, 0.15) is 42.9 Å². The lowest BCUT2D eigenvalue weighted by atomic mass is 9.97. The number of hydrogen-bond acceptors (Lipinski definition) is 3. The first kappa shape index (κ1) is 17.0. The normalized spacial score (nSPS) is 18.1. The summed E-state index contributed by atoms with van der Waals surface area (Å²) in [4.78, 5) is 12.0. The van der Waals surface area contributed by atoms with Gasteiger partial charge >= 0.3 is 0 Å². The first-order valence-electron chi connectivity index (χ1n) is 6.84.